The van der Waals surface area contributed by atoms with E-state index in [4.69, 9.17) is 0 Å². The van der Waals surface area contributed by atoms with E-state index in [0.29, 0.717) is 17.1 Å². The molecule has 4 rings (SSSR count). The molecule has 3 aromatic carbocycles. The van der Waals surface area contributed by atoms with Gasteiger partial charge in [-0.25, -0.2) is 4.68 Å². The smallest absolute Gasteiger partial charge is 0.292 e. The molecule has 0 amide bonds. The van der Waals surface area contributed by atoms with Gasteiger partial charge in [-0.1, -0.05) is 48.0 Å². The zero-order valence-electron chi connectivity index (χ0n) is 16.2. The van der Waals surface area contributed by atoms with Crippen molar-refractivity contribution in [3.63, 3.8) is 0 Å². The van der Waals surface area contributed by atoms with Gasteiger partial charge >= 0.3 is 0 Å². The summed E-state index contributed by atoms with van der Waals surface area (Å²) >= 11 is 5.11. The summed E-state index contributed by atoms with van der Waals surface area (Å²) in [5.41, 5.74) is 3.45. The highest BCUT2D eigenvalue weighted by Gasteiger charge is 2.16. The number of thioether (sulfide) groups is 1. The van der Waals surface area contributed by atoms with Crippen molar-refractivity contribution in [1.82, 2.24) is 9.78 Å². The molecule has 1 aromatic heterocycles. The molecule has 5 nitrogen and oxygen atoms in total. The Morgan fingerprint density at radius 3 is 2.37 bits per heavy atom. The van der Waals surface area contributed by atoms with Gasteiger partial charge in [0.1, 0.15) is 0 Å². The molecule has 0 aliphatic rings. The zero-order chi connectivity index (χ0) is 20.9. The fourth-order valence-corrected chi connectivity index (χ4v) is 4.07. The van der Waals surface area contributed by atoms with E-state index in [0.717, 1.165) is 20.7 Å². The maximum atomic E-state index is 13.1. The van der Waals surface area contributed by atoms with Crippen LogP contribution in [0.2, 0.25) is 0 Å². The molecule has 150 valence electrons. The van der Waals surface area contributed by atoms with Crippen LogP contribution in [0.15, 0.2) is 103 Å². The minimum Gasteiger partial charge on any atom is -0.292 e. The van der Waals surface area contributed by atoms with Gasteiger partial charge in [-0.2, -0.15) is 0 Å². The van der Waals surface area contributed by atoms with Crippen LogP contribution in [0.4, 0.5) is 11.4 Å². The van der Waals surface area contributed by atoms with Gasteiger partial charge in [0.15, 0.2) is 5.69 Å². The van der Waals surface area contributed by atoms with E-state index in [1.54, 1.807) is 11.8 Å². The summed E-state index contributed by atoms with van der Waals surface area (Å²) in [6, 6.07) is 25.3. The molecule has 0 atom stereocenters. The molecule has 30 heavy (non-hydrogen) atoms. The number of aryl methyl sites for hydroxylation is 1. The SMILES string of the molecule is Cc1ccc(SCc2[nH]n(-c3ccccc3)c(=O)c2N=Nc2ccccc2Br)cc1. The van der Waals surface area contributed by atoms with Crippen molar-refractivity contribution in [2.24, 2.45) is 10.2 Å². The third-order valence-corrected chi connectivity index (χ3v) is 6.18. The molecule has 0 aliphatic heterocycles. The molecule has 0 fully saturated rings. The van der Waals surface area contributed by atoms with Crippen molar-refractivity contribution in [3.05, 3.63) is 105 Å². The second kappa shape index (κ2) is 9.28. The zero-order valence-corrected chi connectivity index (χ0v) is 18.7. The van der Waals surface area contributed by atoms with Crippen LogP contribution in [0.25, 0.3) is 5.69 Å². The van der Waals surface area contributed by atoms with E-state index in [-0.39, 0.29) is 5.56 Å². The van der Waals surface area contributed by atoms with Crippen LogP contribution in [0.5, 0.6) is 0 Å². The first-order valence-electron chi connectivity index (χ1n) is 9.37. The third kappa shape index (κ3) is 4.63. The summed E-state index contributed by atoms with van der Waals surface area (Å²) < 4.78 is 2.34. The third-order valence-electron chi connectivity index (χ3n) is 4.47. The number of hydrogen-bond donors (Lipinski definition) is 1. The lowest BCUT2D eigenvalue weighted by atomic mass is 10.2. The standard InChI is InChI=1S/C23H19BrN4OS/c1-16-11-13-18(14-12-16)30-15-21-22(26-25-20-10-6-5-9-19(20)24)23(29)28(27-21)17-7-3-2-4-8-17/h2-14,27H,15H2,1H3. The minimum atomic E-state index is -0.225. The number of nitrogens with one attached hydrogen (secondary N) is 1. The Balaban J connectivity index is 1.70. The molecule has 0 saturated heterocycles. The van der Waals surface area contributed by atoms with Crippen molar-refractivity contribution >= 4 is 39.1 Å². The van der Waals surface area contributed by atoms with E-state index in [1.807, 2.05) is 54.6 Å². The second-order valence-corrected chi connectivity index (χ2v) is 8.57. The molecule has 4 aromatic rings. The van der Waals surface area contributed by atoms with Crippen LogP contribution in [-0.2, 0) is 5.75 Å². The van der Waals surface area contributed by atoms with Gasteiger partial charge < -0.3 is 0 Å². The molecule has 1 heterocycles. The van der Waals surface area contributed by atoms with Gasteiger partial charge in [-0.3, -0.25) is 9.89 Å². The molecule has 0 bridgehead atoms. The lowest BCUT2D eigenvalue weighted by Crippen LogP contribution is -2.13. The van der Waals surface area contributed by atoms with Gasteiger partial charge in [0.25, 0.3) is 5.56 Å². The quantitative estimate of drug-likeness (QED) is 0.240. The number of H-pyrrole nitrogens is 1. The molecule has 7 heteroatoms. The van der Waals surface area contributed by atoms with E-state index in [2.05, 4.69) is 62.4 Å². The fourth-order valence-electron chi connectivity index (χ4n) is 2.86. The highest BCUT2D eigenvalue weighted by Crippen LogP contribution is 2.29. The fraction of sp³-hybridized carbons (Fsp3) is 0.0870. The Labute approximate surface area is 187 Å². The number of aromatic nitrogens is 2. The van der Waals surface area contributed by atoms with Crippen molar-refractivity contribution < 1.29 is 0 Å². The topological polar surface area (TPSA) is 62.5 Å². The van der Waals surface area contributed by atoms with Crippen LogP contribution in [0.1, 0.15) is 11.3 Å². The first-order valence-corrected chi connectivity index (χ1v) is 11.1. The van der Waals surface area contributed by atoms with Gasteiger partial charge in [-0.05, 0) is 59.3 Å². The summed E-state index contributed by atoms with van der Waals surface area (Å²) in [5, 5.41) is 11.8. The number of azo groups is 1. The number of halogens is 1. The van der Waals surface area contributed by atoms with Crippen LogP contribution in [0.3, 0.4) is 0 Å². The molecule has 0 spiro atoms. The molecule has 0 unspecified atom stereocenters. The summed E-state index contributed by atoms with van der Waals surface area (Å²) in [5.74, 6) is 0.572. The van der Waals surface area contributed by atoms with Gasteiger partial charge in [0.05, 0.1) is 17.1 Å². The molecular weight excluding hydrogens is 460 g/mol. The maximum absolute atomic E-state index is 13.1. The lowest BCUT2D eigenvalue weighted by molar-refractivity contribution is 0.833. The predicted octanol–water partition coefficient (Wildman–Crippen LogP) is 6.94. The van der Waals surface area contributed by atoms with E-state index >= 15 is 0 Å². The maximum Gasteiger partial charge on any atom is 0.299 e. The first-order chi connectivity index (χ1) is 14.6. The van der Waals surface area contributed by atoms with Crippen molar-refractivity contribution in [1.29, 1.82) is 0 Å². The molecule has 0 aliphatic carbocycles. The Bertz CT molecular complexity index is 1230. The first kappa shape index (κ1) is 20.4. The second-order valence-electron chi connectivity index (χ2n) is 6.67. The number of hydrogen-bond acceptors (Lipinski definition) is 4. The van der Waals surface area contributed by atoms with Crippen LogP contribution in [-0.4, -0.2) is 9.78 Å². The average Bonchev–Trinajstić information content (AvgIpc) is 3.09. The van der Waals surface area contributed by atoms with Crippen molar-refractivity contribution in [3.8, 4) is 5.69 Å². The predicted molar refractivity (Wildman–Crippen MR) is 125 cm³/mol. The lowest BCUT2D eigenvalue weighted by Gasteiger charge is -2.02. The number of para-hydroxylation sites is 1. The molecule has 1 N–H and O–H groups in total. The number of benzene rings is 3. The number of aromatic amines is 1. The number of rotatable bonds is 6. The average molecular weight is 479 g/mol. The number of nitrogens with zero attached hydrogens (tertiary/aromatic N) is 3. The molecule has 0 radical (unpaired) electrons. The summed E-state index contributed by atoms with van der Waals surface area (Å²) in [7, 11) is 0. The Kier molecular flexibility index (Phi) is 6.30. The Hall–Kier alpha value is -2.90. The summed E-state index contributed by atoms with van der Waals surface area (Å²) in [6.07, 6.45) is 0. The minimum absolute atomic E-state index is 0.225. The Morgan fingerprint density at radius 1 is 0.933 bits per heavy atom. The Morgan fingerprint density at radius 2 is 1.63 bits per heavy atom. The van der Waals surface area contributed by atoms with E-state index < -0.39 is 0 Å². The van der Waals surface area contributed by atoms with Crippen molar-refractivity contribution in [2.45, 2.75) is 17.6 Å². The van der Waals surface area contributed by atoms with Crippen LogP contribution >= 0.6 is 27.7 Å². The van der Waals surface area contributed by atoms with Gasteiger partial charge in [0.2, 0.25) is 0 Å². The molecular formula is C23H19BrN4OS. The van der Waals surface area contributed by atoms with Crippen LogP contribution in [0, 0.1) is 6.92 Å². The van der Waals surface area contributed by atoms with Crippen molar-refractivity contribution in [2.75, 3.05) is 0 Å². The summed E-state index contributed by atoms with van der Waals surface area (Å²) in [4.78, 5) is 14.2. The monoisotopic (exact) mass is 478 g/mol. The highest BCUT2D eigenvalue weighted by molar-refractivity contribution is 9.10. The normalized spacial score (nSPS) is 11.3. The van der Waals surface area contributed by atoms with E-state index in [1.165, 1.54) is 10.2 Å². The van der Waals surface area contributed by atoms with E-state index in [9.17, 15) is 4.79 Å². The largest absolute Gasteiger partial charge is 0.299 e. The molecule has 0 saturated carbocycles. The van der Waals surface area contributed by atoms with Gasteiger partial charge in [-0.15, -0.1) is 22.0 Å². The van der Waals surface area contributed by atoms with Gasteiger partial charge in [0, 0.05) is 15.1 Å². The highest BCUT2D eigenvalue weighted by atomic mass is 79.9. The van der Waals surface area contributed by atoms with Crippen LogP contribution < -0.4 is 5.56 Å². The summed E-state index contributed by atoms with van der Waals surface area (Å²) in [6.45, 7) is 2.06.